The van der Waals surface area contributed by atoms with E-state index in [1.165, 1.54) is 6.07 Å². The molecule has 0 saturated carbocycles. The van der Waals surface area contributed by atoms with Crippen LogP contribution in [0.25, 0.3) is 0 Å². The van der Waals surface area contributed by atoms with E-state index in [-0.39, 0.29) is 5.69 Å². The number of methoxy groups -OCH3 is 1. The molecule has 0 aliphatic rings. The summed E-state index contributed by atoms with van der Waals surface area (Å²) in [6, 6.07) is 12.0. The van der Waals surface area contributed by atoms with Gasteiger partial charge in [0.15, 0.2) is 0 Å². The molecule has 0 amide bonds. The third-order valence-electron chi connectivity index (χ3n) is 2.42. The molecule has 2 rings (SSSR count). The second-order valence-electron chi connectivity index (χ2n) is 3.55. The Hall–Kier alpha value is -2.23. The number of anilines is 3. The predicted octanol–water partition coefficient (Wildman–Crippen LogP) is 3.16. The van der Waals surface area contributed by atoms with Gasteiger partial charge in [-0.15, -0.1) is 0 Å². The Morgan fingerprint density at radius 2 is 1.82 bits per heavy atom. The van der Waals surface area contributed by atoms with Crippen LogP contribution in [0.2, 0.25) is 0 Å². The van der Waals surface area contributed by atoms with Gasteiger partial charge in [-0.3, -0.25) is 0 Å². The fourth-order valence-corrected chi connectivity index (χ4v) is 1.48. The first-order valence-electron chi connectivity index (χ1n) is 5.16. The van der Waals surface area contributed by atoms with Gasteiger partial charge in [-0.2, -0.15) is 0 Å². The highest BCUT2D eigenvalue weighted by atomic mass is 19.1. The Balaban J connectivity index is 2.22. The van der Waals surface area contributed by atoms with Crippen molar-refractivity contribution < 1.29 is 9.13 Å². The van der Waals surface area contributed by atoms with Gasteiger partial charge in [-0.25, -0.2) is 4.39 Å². The molecule has 88 valence electrons. The topological polar surface area (TPSA) is 47.3 Å². The van der Waals surface area contributed by atoms with E-state index in [2.05, 4.69) is 5.32 Å². The molecule has 0 saturated heterocycles. The van der Waals surface area contributed by atoms with Crippen LogP contribution >= 0.6 is 0 Å². The molecular formula is C13H13FN2O. The highest BCUT2D eigenvalue weighted by molar-refractivity contribution is 5.72. The van der Waals surface area contributed by atoms with Gasteiger partial charge in [0.1, 0.15) is 11.6 Å². The van der Waals surface area contributed by atoms with Gasteiger partial charge in [0, 0.05) is 5.69 Å². The summed E-state index contributed by atoms with van der Waals surface area (Å²) in [4.78, 5) is 0. The second-order valence-corrected chi connectivity index (χ2v) is 3.55. The number of nitrogen functional groups attached to an aromatic ring is 1. The first-order valence-corrected chi connectivity index (χ1v) is 5.16. The quantitative estimate of drug-likeness (QED) is 0.799. The van der Waals surface area contributed by atoms with Gasteiger partial charge < -0.3 is 15.8 Å². The molecule has 17 heavy (non-hydrogen) atoms. The average molecular weight is 232 g/mol. The average Bonchev–Trinajstić information content (AvgIpc) is 2.36. The third kappa shape index (κ3) is 2.47. The summed E-state index contributed by atoms with van der Waals surface area (Å²) >= 11 is 0. The van der Waals surface area contributed by atoms with Crippen molar-refractivity contribution >= 4 is 17.1 Å². The Labute approximate surface area is 99.0 Å². The van der Waals surface area contributed by atoms with E-state index in [4.69, 9.17) is 10.5 Å². The molecule has 0 atom stereocenters. The molecule has 2 aromatic rings. The second kappa shape index (κ2) is 4.74. The largest absolute Gasteiger partial charge is 0.497 e. The van der Waals surface area contributed by atoms with E-state index < -0.39 is 5.82 Å². The van der Waals surface area contributed by atoms with Gasteiger partial charge in [-0.05, 0) is 36.4 Å². The number of nitrogens with two attached hydrogens (primary N) is 1. The smallest absolute Gasteiger partial charge is 0.148 e. The zero-order valence-electron chi connectivity index (χ0n) is 9.41. The van der Waals surface area contributed by atoms with Crippen molar-refractivity contribution in [2.75, 3.05) is 18.2 Å². The van der Waals surface area contributed by atoms with Gasteiger partial charge in [-0.1, -0.05) is 6.07 Å². The van der Waals surface area contributed by atoms with Crippen LogP contribution in [0, 0.1) is 5.82 Å². The van der Waals surface area contributed by atoms with E-state index in [0.29, 0.717) is 5.69 Å². The summed E-state index contributed by atoms with van der Waals surface area (Å²) in [5.74, 6) is 0.339. The maximum Gasteiger partial charge on any atom is 0.148 e. The molecule has 0 heterocycles. The fraction of sp³-hybridized carbons (Fsp3) is 0.0769. The Kier molecular flexibility index (Phi) is 3.14. The molecular weight excluding hydrogens is 219 g/mol. The number of nitrogens with one attached hydrogen (secondary N) is 1. The van der Waals surface area contributed by atoms with Crippen molar-refractivity contribution in [1.29, 1.82) is 0 Å². The minimum Gasteiger partial charge on any atom is -0.497 e. The van der Waals surface area contributed by atoms with Gasteiger partial charge in [0.2, 0.25) is 0 Å². The number of hydrogen-bond acceptors (Lipinski definition) is 3. The predicted molar refractivity (Wildman–Crippen MR) is 67.1 cm³/mol. The monoisotopic (exact) mass is 232 g/mol. The van der Waals surface area contributed by atoms with Crippen LogP contribution in [0.1, 0.15) is 0 Å². The van der Waals surface area contributed by atoms with Crippen molar-refractivity contribution in [1.82, 2.24) is 0 Å². The van der Waals surface area contributed by atoms with Crippen LogP contribution in [0.15, 0.2) is 42.5 Å². The molecule has 4 heteroatoms. The molecule has 0 radical (unpaired) electrons. The highest BCUT2D eigenvalue weighted by Crippen LogP contribution is 2.26. The Morgan fingerprint density at radius 1 is 1.12 bits per heavy atom. The Bertz CT molecular complexity index is 511. The summed E-state index contributed by atoms with van der Waals surface area (Å²) in [5.41, 5.74) is 7.11. The van der Waals surface area contributed by atoms with E-state index >= 15 is 0 Å². The fourth-order valence-electron chi connectivity index (χ4n) is 1.48. The summed E-state index contributed by atoms with van der Waals surface area (Å²) in [7, 11) is 1.60. The van der Waals surface area contributed by atoms with E-state index in [0.717, 1.165) is 11.4 Å². The lowest BCUT2D eigenvalue weighted by Crippen LogP contribution is -1.98. The summed E-state index contributed by atoms with van der Waals surface area (Å²) in [6.07, 6.45) is 0. The van der Waals surface area contributed by atoms with E-state index in [9.17, 15) is 4.39 Å². The minimum absolute atomic E-state index is 0.114. The lowest BCUT2D eigenvalue weighted by atomic mass is 10.2. The number of rotatable bonds is 3. The van der Waals surface area contributed by atoms with Crippen molar-refractivity contribution in [2.45, 2.75) is 0 Å². The molecule has 0 aliphatic carbocycles. The molecule has 2 aromatic carbocycles. The van der Waals surface area contributed by atoms with E-state index in [1.807, 2.05) is 24.3 Å². The third-order valence-corrected chi connectivity index (χ3v) is 2.42. The standard InChI is InChI=1S/C13H13FN2O/c1-17-10-7-5-9(6-8-10)16-12-4-2-3-11(14)13(12)15/h2-8,16H,15H2,1H3. The van der Waals surface area contributed by atoms with Crippen molar-refractivity contribution in [3.8, 4) is 5.75 Å². The normalized spacial score (nSPS) is 10.0. The molecule has 0 fully saturated rings. The van der Waals surface area contributed by atoms with Crippen LogP contribution in [0.3, 0.4) is 0 Å². The molecule has 0 bridgehead atoms. The lowest BCUT2D eigenvalue weighted by molar-refractivity contribution is 0.415. The molecule has 3 N–H and O–H groups in total. The van der Waals surface area contributed by atoms with Crippen LogP contribution in [0.5, 0.6) is 5.75 Å². The maximum absolute atomic E-state index is 13.2. The summed E-state index contributed by atoms with van der Waals surface area (Å²) in [6.45, 7) is 0. The zero-order chi connectivity index (χ0) is 12.3. The number of halogens is 1. The van der Waals surface area contributed by atoms with E-state index in [1.54, 1.807) is 19.2 Å². The maximum atomic E-state index is 13.2. The van der Waals surface area contributed by atoms with Gasteiger partial charge >= 0.3 is 0 Å². The Morgan fingerprint density at radius 3 is 2.47 bits per heavy atom. The number of para-hydroxylation sites is 1. The van der Waals surface area contributed by atoms with Gasteiger partial charge in [0.25, 0.3) is 0 Å². The summed E-state index contributed by atoms with van der Waals surface area (Å²) in [5, 5.41) is 3.04. The first kappa shape index (κ1) is 11.3. The molecule has 0 spiro atoms. The number of benzene rings is 2. The number of hydrogen-bond donors (Lipinski definition) is 2. The number of ether oxygens (including phenoxy) is 1. The highest BCUT2D eigenvalue weighted by Gasteiger charge is 2.04. The minimum atomic E-state index is -0.427. The molecule has 0 unspecified atom stereocenters. The summed E-state index contributed by atoms with van der Waals surface area (Å²) < 4.78 is 18.3. The van der Waals surface area contributed by atoms with Gasteiger partial charge in [0.05, 0.1) is 18.5 Å². The van der Waals surface area contributed by atoms with Crippen molar-refractivity contribution in [2.24, 2.45) is 0 Å². The zero-order valence-corrected chi connectivity index (χ0v) is 9.41. The first-order chi connectivity index (χ1) is 8.20. The van der Waals surface area contributed by atoms with Crippen LogP contribution < -0.4 is 15.8 Å². The van der Waals surface area contributed by atoms with Crippen LogP contribution in [-0.2, 0) is 0 Å². The van der Waals surface area contributed by atoms with Crippen LogP contribution in [0.4, 0.5) is 21.5 Å². The SMILES string of the molecule is COc1ccc(Nc2cccc(F)c2N)cc1. The molecule has 3 nitrogen and oxygen atoms in total. The van der Waals surface area contributed by atoms with Crippen molar-refractivity contribution in [3.63, 3.8) is 0 Å². The van der Waals surface area contributed by atoms with Crippen molar-refractivity contribution in [3.05, 3.63) is 48.3 Å². The molecule has 0 aromatic heterocycles. The molecule has 0 aliphatic heterocycles. The lowest BCUT2D eigenvalue weighted by Gasteiger charge is -2.10. The van der Waals surface area contributed by atoms with Crippen LogP contribution in [-0.4, -0.2) is 7.11 Å².